The molecule has 1 fully saturated rings. The lowest BCUT2D eigenvalue weighted by atomic mass is 10.1. The molecular weight excluding hydrogens is 257 g/mol. The van der Waals surface area contributed by atoms with Gasteiger partial charge in [0.1, 0.15) is 5.82 Å². The molecule has 0 aliphatic heterocycles. The van der Waals surface area contributed by atoms with Gasteiger partial charge in [-0.3, -0.25) is 4.90 Å². The van der Waals surface area contributed by atoms with Crippen molar-refractivity contribution in [2.45, 2.75) is 32.7 Å². The number of benzene rings is 1. The van der Waals surface area contributed by atoms with Gasteiger partial charge in [-0.1, -0.05) is 18.1 Å². The summed E-state index contributed by atoms with van der Waals surface area (Å²) in [6, 6.07) is 4.47. The summed E-state index contributed by atoms with van der Waals surface area (Å²) >= 11 is 0. The zero-order chi connectivity index (χ0) is 14.5. The van der Waals surface area contributed by atoms with Crippen molar-refractivity contribution in [2.24, 2.45) is 16.8 Å². The number of hydrogen-bond acceptors (Lipinski definition) is 3. The van der Waals surface area contributed by atoms with Crippen LogP contribution in [0.2, 0.25) is 0 Å². The third-order valence-corrected chi connectivity index (χ3v) is 3.60. The normalized spacial score (nSPS) is 15.8. The molecule has 110 valence electrons. The molecule has 0 saturated heterocycles. The zero-order valence-electron chi connectivity index (χ0n) is 11.8. The molecule has 0 radical (unpaired) electrons. The maximum absolute atomic E-state index is 13.3. The summed E-state index contributed by atoms with van der Waals surface area (Å²) in [5.41, 5.74) is 7.02. The van der Waals surface area contributed by atoms with Crippen molar-refractivity contribution in [1.82, 2.24) is 4.90 Å². The van der Waals surface area contributed by atoms with E-state index in [1.807, 2.05) is 0 Å². The van der Waals surface area contributed by atoms with Gasteiger partial charge in [0.05, 0.1) is 0 Å². The first-order valence-electron chi connectivity index (χ1n) is 7.12. The lowest BCUT2D eigenvalue weighted by Gasteiger charge is -2.23. The van der Waals surface area contributed by atoms with E-state index in [9.17, 15) is 4.39 Å². The fraction of sp³-hybridized carbons (Fsp3) is 0.533. The van der Waals surface area contributed by atoms with Crippen LogP contribution in [-0.4, -0.2) is 29.0 Å². The van der Waals surface area contributed by atoms with Crippen molar-refractivity contribution in [2.75, 3.05) is 13.1 Å². The molecular formula is C15H22FN3O. The number of amidine groups is 1. The molecule has 1 aromatic carbocycles. The first kappa shape index (κ1) is 14.8. The summed E-state index contributed by atoms with van der Waals surface area (Å²) in [5, 5.41) is 11.8. The lowest BCUT2D eigenvalue weighted by molar-refractivity contribution is 0.255. The number of nitrogens with zero attached hydrogens (tertiary/aromatic N) is 2. The standard InChI is InChI=1S/C15H22FN3O/c1-2-7-19(9-11-3-4-11)10-12-5-6-13(16)8-14(12)15(17)18-20/h5-6,8,11,20H,2-4,7,9-10H2,1H3,(H2,17,18). The Morgan fingerprint density at radius 2 is 2.25 bits per heavy atom. The molecule has 0 amide bonds. The third kappa shape index (κ3) is 3.93. The molecule has 0 unspecified atom stereocenters. The Morgan fingerprint density at radius 1 is 1.50 bits per heavy atom. The van der Waals surface area contributed by atoms with Crippen LogP contribution >= 0.6 is 0 Å². The molecule has 2 rings (SSSR count). The highest BCUT2D eigenvalue weighted by Crippen LogP contribution is 2.30. The summed E-state index contributed by atoms with van der Waals surface area (Å²) in [7, 11) is 0. The average Bonchev–Trinajstić information content (AvgIpc) is 3.24. The lowest BCUT2D eigenvalue weighted by Crippen LogP contribution is -2.28. The van der Waals surface area contributed by atoms with Crippen molar-refractivity contribution in [3.05, 3.63) is 35.1 Å². The van der Waals surface area contributed by atoms with Crippen LogP contribution in [0.5, 0.6) is 0 Å². The fourth-order valence-electron chi connectivity index (χ4n) is 2.44. The Hall–Kier alpha value is -1.62. The number of hydrogen-bond donors (Lipinski definition) is 2. The van der Waals surface area contributed by atoms with Gasteiger partial charge in [-0.15, -0.1) is 0 Å². The highest BCUT2D eigenvalue weighted by molar-refractivity contribution is 5.98. The average molecular weight is 279 g/mol. The van der Waals surface area contributed by atoms with E-state index >= 15 is 0 Å². The van der Waals surface area contributed by atoms with E-state index < -0.39 is 0 Å². The monoisotopic (exact) mass is 279 g/mol. The van der Waals surface area contributed by atoms with Gasteiger partial charge in [0.15, 0.2) is 5.84 Å². The topological polar surface area (TPSA) is 61.8 Å². The summed E-state index contributed by atoms with van der Waals surface area (Å²) in [6.07, 6.45) is 3.68. The van der Waals surface area contributed by atoms with Crippen molar-refractivity contribution >= 4 is 5.84 Å². The highest BCUT2D eigenvalue weighted by Gasteiger charge is 2.24. The van der Waals surface area contributed by atoms with Gasteiger partial charge in [0.2, 0.25) is 0 Å². The molecule has 0 spiro atoms. The summed E-state index contributed by atoms with van der Waals surface area (Å²) in [4.78, 5) is 2.36. The maximum atomic E-state index is 13.3. The van der Waals surface area contributed by atoms with Gasteiger partial charge >= 0.3 is 0 Å². The van der Waals surface area contributed by atoms with E-state index in [0.717, 1.165) is 31.0 Å². The first-order chi connectivity index (χ1) is 9.63. The second-order valence-corrected chi connectivity index (χ2v) is 5.47. The van der Waals surface area contributed by atoms with Gasteiger partial charge in [-0.2, -0.15) is 0 Å². The van der Waals surface area contributed by atoms with E-state index in [0.29, 0.717) is 12.1 Å². The minimum absolute atomic E-state index is 0.0395. The Balaban J connectivity index is 2.16. The van der Waals surface area contributed by atoms with Gasteiger partial charge in [-0.05, 0) is 49.4 Å². The van der Waals surface area contributed by atoms with Gasteiger partial charge in [0, 0.05) is 18.7 Å². The molecule has 1 aliphatic rings. The quantitative estimate of drug-likeness (QED) is 0.349. The van der Waals surface area contributed by atoms with Crippen LogP contribution in [0.1, 0.15) is 37.3 Å². The van der Waals surface area contributed by atoms with Crippen molar-refractivity contribution in [3.8, 4) is 0 Å². The van der Waals surface area contributed by atoms with E-state index in [1.54, 1.807) is 6.07 Å². The predicted molar refractivity (Wildman–Crippen MR) is 77.2 cm³/mol. The molecule has 20 heavy (non-hydrogen) atoms. The smallest absolute Gasteiger partial charge is 0.170 e. The second-order valence-electron chi connectivity index (χ2n) is 5.47. The van der Waals surface area contributed by atoms with Crippen LogP contribution in [0.15, 0.2) is 23.4 Å². The minimum Gasteiger partial charge on any atom is -0.409 e. The van der Waals surface area contributed by atoms with Crippen LogP contribution in [0, 0.1) is 11.7 Å². The Kier molecular flexibility index (Phi) is 4.95. The van der Waals surface area contributed by atoms with E-state index in [4.69, 9.17) is 10.9 Å². The largest absolute Gasteiger partial charge is 0.409 e. The van der Waals surface area contributed by atoms with E-state index in [-0.39, 0.29) is 11.7 Å². The van der Waals surface area contributed by atoms with Crippen LogP contribution in [-0.2, 0) is 6.54 Å². The summed E-state index contributed by atoms with van der Waals surface area (Å²) < 4.78 is 13.3. The Labute approximate surface area is 119 Å². The molecule has 3 N–H and O–H groups in total. The zero-order valence-corrected chi connectivity index (χ0v) is 11.8. The number of nitrogens with two attached hydrogens (primary N) is 1. The highest BCUT2D eigenvalue weighted by atomic mass is 19.1. The molecule has 0 atom stereocenters. The minimum atomic E-state index is -0.375. The molecule has 1 saturated carbocycles. The molecule has 0 aromatic heterocycles. The SMILES string of the molecule is CCCN(Cc1ccc(F)cc1C(N)=NO)CC1CC1. The Bertz CT molecular complexity index is 486. The number of halogens is 1. The van der Waals surface area contributed by atoms with E-state index in [1.165, 1.54) is 25.0 Å². The van der Waals surface area contributed by atoms with Gasteiger partial charge in [0.25, 0.3) is 0 Å². The van der Waals surface area contributed by atoms with Gasteiger partial charge in [-0.25, -0.2) is 4.39 Å². The Morgan fingerprint density at radius 3 is 2.85 bits per heavy atom. The summed E-state index contributed by atoms with van der Waals surface area (Å²) in [6.45, 7) is 4.93. The maximum Gasteiger partial charge on any atom is 0.170 e. The number of oxime groups is 1. The van der Waals surface area contributed by atoms with Crippen molar-refractivity contribution in [3.63, 3.8) is 0 Å². The number of rotatable bonds is 7. The van der Waals surface area contributed by atoms with Crippen molar-refractivity contribution in [1.29, 1.82) is 0 Å². The molecule has 5 heteroatoms. The second kappa shape index (κ2) is 6.70. The third-order valence-electron chi connectivity index (χ3n) is 3.60. The molecule has 0 heterocycles. The van der Waals surface area contributed by atoms with Crippen LogP contribution in [0.3, 0.4) is 0 Å². The molecule has 1 aromatic rings. The van der Waals surface area contributed by atoms with Crippen LogP contribution < -0.4 is 5.73 Å². The molecule has 4 nitrogen and oxygen atoms in total. The predicted octanol–water partition coefficient (Wildman–Crippen LogP) is 2.54. The molecule has 1 aliphatic carbocycles. The van der Waals surface area contributed by atoms with Gasteiger partial charge < -0.3 is 10.9 Å². The van der Waals surface area contributed by atoms with E-state index in [2.05, 4.69) is 17.0 Å². The van der Waals surface area contributed by atoms with Crippen LogP contribution in [0.4, 0.5) is 4.39 Å². The molecule has 0 bridgehead atoms. The first-order valence-corrected chi connectivity index (χ1v) is 7.12. The fourth-order valence-corrected chi connectivity index (χ4v) is 2.44. The van der Waals surface area contributed by atoms with Crippen molar-refractivity contribution < 1.29 is 9.60 Å². The van der Waals surface area contributed by atoms with Crippen LogP contribution in [0.25, 0.3) is 0 Å². The summed E-state index contributed by atoms with van der Waals surface area (Å²) in [5.74, 6) is 0.385.